The van der Waals surface area contributed by atoms with Crippen LogP contribution in [0, 0.1) is 5.41 Å². The number of amides is 1. The second-order valence-electron chi connectivity index (χ2n) is 6.36. The molecule has 1 heterocycles. The van der Waals surface area contributed by atoms with Gasteiger partial charge in [-0.05, 0) is 30.9 Å². The van der Waals surface area contributed by atoms with Crippen molar-refractivity contribution < 1.29 is 13.6 Å². The molecule has 1 atom stereocenters. The largest absolute Gasteiger partial charge is 0.350 e. The van der Waals surface area contributed by atoms with Crippen LogP contribution in [0.3, 0.4) is 0 Å². The smallest absolute Gasteiger partial charge is 0.244 e. The van der Waals surface area contributed by atoms with E-state index in [1.165, 1.54) is 0 Å². The van der Waals surface area contributed by atoms with E-state index in [1.54, 1.807) is 11.8 Å². The first-order chi connectivity index (χ1) is 9.54. The molecule has 106 valence electrons. The fraction of sp³-hybridized carbons (Fsp3) is 0.533. The molecule has 2 nitrogen and oxygen atoms in total. The Morgan fingerprint density at radius 3 is 2.70 bits per heavy atom. The van der Waals surface area contributed by atoms with Crippen LogP contribution in [0.2, 0.25) is 0 Å². The summed E-state index contributed by atoms with van der Waals surface area (Å²) in [5, 5.41) is 3.04. The highest BCUT2D eigenvalue weighted by molar-refractivity contribution is 7.99. The third-order valence-corrected chi connectivity index (χ3v) is 6.12. The van der Waals surface area contributed by atoms with E-state index in [-0.39, 0.29) is 17.4 Å². The van der Waals surface area contributed by atoms with Gasteiger partial charge in [0.05, 0.1) is 5.92 Å². The molecule has 0 aromatic heterocycles. The van der Waals surface area contributed by atoms with Gasteiger partial charge in [0.2, 0.25) is 12.3 Å². The Morgan fingerprint density at radius 1 is 1.30 bits per heavy atom. The van der Waals surface area contributed by atoms with Crippen LogP contribution >= 0.6 is 11.8 Å². The molecule has 0 radical (unpaired) electrons. The first-order valence-electron chi connectivity index (χ1n) is 6.86. The average molecular weight is 295 g/mol. The molecule has 1 aromatic carbocycles. The average Bonchev–Trinajstić information content (AvgIpc) is 2.75. The van der Waals surface area contributed by atoms with Gasteiger partial charge in [0.25, 0.3) is 0 Å². The lowest BCUT2D eigenvalue weighted by molar-refractivity contribution is -0.228. The predicted octanol–water partition coefficient (Wildman–Crippen LogP) is 3.18. The van der Waals surface area contributed by atoms with E-state index in [0.29, 0.717) is 19.3 Å². The molecule has 2 bridgehead atoms. The third-order valence-electron chi connectivity index (χ3n) is 4.94. The first kappa shape index (κ1) is 12.6. The van der Waals surface area contributed by atoms with E-state index in [2.05, 4.69) is 5.32 Å². The van der Waals surface area contributed by atoms with E-state index in [4.69, 9.17) is 0 Å². The molecule has 1 amide bonds. The van der Waals surface area contributed by atoms with Crippen LogP contribution in [-0.4, -0.2) is 23.6 Å². The van der Waals surface area contributed by atoms with Gasteiger partial charge in [0.15, 0.2) is 0 Å². The minimum atomic E-state index is -2.25. The van der Waals surface area contributed by atoms with Gasteiger partial charge in [-0.15, -0.1) is 11.8 Å². The predicted molar refractivity (Wildman–Crippen MR) is 73.1 cm³/mol. The molecule has 20 heavy (non-hydrogen) atoms. The number of halogens is 2. The molecular formula is C15H15F2NOS. The van der Waals surface area contributed by atoms with Crippen LogP contribution in [-0.2, 0) is 4.79 Å². The van der Waals surface area contributed by atoms with Crippen molar-refractivity contribution in [3.8, 4) is 0 Å². The molecule has 5 heteroatoms. The van der Waals surface area contributed by atoms with Gasteiger partial charge in [0.1, 0.15) is 0 Å². The van der Waals surface area contributed by atoms with Gasteiger partial charge in [-0.1, -0.05) is 18.2 Å². The number of benzene rings is 1. The highest BCUT2D eigenvalue weighted by Crippen LogP contribution is 2.69. The van der Waals surface area contributed by atoms with E-state index >= 15 is 0 Å². The van der Waals surface area contributed by atoms with Crippen molar-refractivity contribution in [2.24, 2.45) is 5.41 Å². The molecule has 1 unspecified atom stereocenters. The third kappa shape index (κ3) is 1.59. The van der Waals surface area contributed by atoms with Gasteiger partial charge in [-0.25, -0.2) is 8.78 Å². The zero-order chi connectivity index (χ0) is 14.0. The normalized spacial score (nSPS) is 37.0. The van der Waals surface area contributed by atoms with Crippen molar-refractivity contribution in [3.05, 3.63) is 29.8 Å². The summed E-state index contributed by atoms with van der Waals surface area (Å²) in [4.78, 5) is 13.6. The van der Waals surface area contributed by atoms with Crippen LogP contribution < -0.4 is 5.32 Å². The molecule has 0 saturated heterocycles. The zero-order valence-corrected chi connectivity index (χ0v) is 11.7. The highest BCUT2D eigenvalue weighted by Gasteiger charge is 2.72. The fourth-order valence-electron chi connectivity index (χ4n) is 3.96. The Balaban J connectivity index is 1.44. The maximum Gasteiger partial charge on any atom is 0.244 e. The fourth-order valence-corrected chi connectivity index (χ4v) is 5.19. The molecule has 1 aromatic rings. The van der Waals surface area contributed by atoms with Crippen LogP contribution in [0.4, 0.5) is 8.78 Å². The van der Waals surface area contributed by atoms with Crippen LogP contribution in [0.5, 0.6) is 0 Å². The number of rotatable bonds is 3. The number of alkyl halides is 2. The lowest BCUT2D eigenvalue weighted by Crippen LogP contribution is -2.77. The van der Waals surface area contributed by atoms with E-state index in [0.717, 1.165) is 16.2 Å². The number of hydrogen-bond donors (Lipinski definition) is 1. The molecule has 3 aliphatic carbocycles. The summed E-state index contributed by atoms with van der Waals surface area (Å²) in [7, 11) is 0. The number of thioether (sulfide) groups is 1. The number of carbonyl (C=O) groups excluding carboxylic acids is 1. The minimum Gasteiger partial charge on any atom is -0.350 e. The Morgan fingerprint density at radius 2 is 2.00 bits per heavy atom. The van der Waals surface area contributed by atoms with Crippen molar-refractivity contribution in [1.82, 2.24) is 5.32 Å². The highest BCUT2D eigenvalue weighted by atomic mass is 32.2. The summed E-state index contributed by atoms with van der Waals surface area (Å²) in [6.07, 6.45) is -0.898. The summed E-state index contributed by atoms with van der Waals surface area (Å²) in [5.74, 6) is 0.624. The second kappa shape index (κ2) is 3.97. The zero-order valence-electron chi connectivity index (χ0n) is 10.9. The monoisotopic (exact) mass is 295 g/mol. The maximum absolute atomic E-state index is 12.8. The van der Waals surface area contributed by atoms with Crippen molar-refractivity contribution >= 4 is 17.7 Å². The lowest BCUT2D eigenvalue weighted by Gasteiger charge is -2.70. The molecule has 3 saturated carbocycles. The van der Waals surface area contributed by atoms with E-state index in [1.807, 2.05) is 24.3 Å². The summed E-state index contributed by atoms with van der Waals surface area (Å²) in [5.41, 5.74) is -0.0316. The Bertz CT molecular complexity index is 569. The van der Waals surface area contributed by atoms with Gasteiger partial charge in [0, 0.05) is 21.6 Å². The van der Waals surface area contributed by atoms with Crippen LogP contribution in [0.15, 0.2) is 29.2 Å². The SMILES string of the molecule is O=C(NC12CC(C(F)F)(C1)C2)C1CSc2ccccc21. The first-order valence-corrected chi connectivity index (χ1v) is 7.84. The molecule has 4 aliphatic rings. The number of hydrogen-bond acceptors (Lipinski definition) is 2. The summed E-state index contributed by atoms with van der Waals surface area (Å²) in [6.45, 7) is 0. The van der Waals surface area contributed by atoms with Crippen molar-refractivity contribution in [2.45, 2.75) is 42.0 Å². The lowest BCUT2D eigenvalue weighted by atomic mass is 9.39. The van der Waals surface area contributed by atoms with Crippen LogP contribution in [0.25, 0.3) is 0 Å². The Labute approximate surface area is 120 Å². The topological polar surface area (TPSA) is 29.1 Å². The Hall–Kier alpha value is -1.10. The number of fused-ring (bicyclic) bond motifs is 1. The summed E-state index contributed by atoms with van der Waals surface area (Å²) >= 11 is 1.69. The molecule has 3 fully saturated rings. The maximum atomic E-state index is 12.8. The van der Waals surface area contributed by atoms with Gasteiger partial charge < -0.3 is 5.32 Å². The number of nitrogens with one attached hydrogen (secondary N) is 1. The standard InChI is InChI=1S/C15H15F2NOS/c16-13(17)14-6-15(7-14,8-14)18-12(19)10-5-20-11-4-2-1-3-9(10)11/h1-4,10,13H,5-8H2,(H,18,19). The molecule has 5 rings (SSSR count). The molecule has 1 N–H and O–H groups in total. The van der Waals surface area contributed by atoms with E-state index < -0.39 is 11.8 Å². The molecular weight excluding hydrogens is 280 g/mol. The van der Waals surface area contributed by atoms with Gasteiger partial charge >= 0.3 is 0 Å². The summed E-state index contributed by atoms with van der Waals surface area (Å²) < 4.78 is 25.6. The molecule has 0 spiro atoms. The minimum absolute atomic E-state index is 0.00464. The summed E-state index contributed by atoms with van der Waals surface area (Å²) in [6, 6.07) is 7.93. The molecule has 1 aliphatic heterocycles. The van der Waals surface area contributed by atoms with Gasteiger partial charge in [-0.3, -0.25) is 4.79 Å². The van der Waals surface area contributed by atoms with E-state index in [9.17, 15) is 13.6 Å². The Kier molecular flexibility index (Phi) is 2.50. The van der Waals surface area contributed by atoms with Gasteiger partial charge in [-0.2, -0.15) is 0 Å². The second-order valence-corrected chi connectivity index (χ2v) is 7.43. The van der Waals surface area contributed by atoms with Crippen molar-refractivity contribution in [2.75, 3.05) is 5.75 Å². The van der Waals surface area contributed by atoms with Crippen LogP contribution in [0.1, 0.15) is 30.7 Å². The van der Waals surface area contributed by atoms with Crippen molar-refractivity contribution in [3.63, 3.8) is 0 Å². The quantitative estimate of drug-likeness (QED) is 0.928. The number of carbonyl (C=O) groups is 1. The van der Waals surface area contributed by atoms with Crippen molar-refractivity contribution in [1.29, 1.82) is 0 Å².